The first kappa shape index (κ1) is 13.7. The van der Waals surface area contributed by atoms with Crippen LogP contribution in [0.1, 0.15) is 29.6 Å². The minimum absolute atomic E-state index is 0.258. The van der Waals surface area contributed by atoms with Crippen LogP contribution in [0.15, 0.2) is 18.2 Å². The van der Waals surface area contributed by atoms with E-state index in [0.717, 1.165) is 25.9 Å². The topological polar surface area (TPSA) is 67.8 Å². The molecule has 1 atom stereocenters. The van der Waals surface area contributed by atoms with E-state index in [1.807, 2.05) is 0 Å². The fourth-order valence-corrected chi connectivity index (χ4v) is 2.22. The van der Waals surface area contributed by atoms with Crippen molar-refractivity contribution in [2.24, 2.45) is 0 Å². The quantitative estimate of drug-likeness (QED) is 0.826. The number of rotatable bonds is 6. The molecule has 1 fully saturated rings. The number of nitrogens with one attached hydrogen (secondary N) is 1. The van der Waals surface area contributed by atoms with Crippen molar-refractivity contribution in [1.82, 2.24) is 0 Å². The first-order valence-corrected chi connectivity index (χ1v) is 6.47. The van der Waals surface area contributed by atoms with Crippen molar-refractivity contribution in [2.45, 2.75) is 25.4 Å². The zero-order valence-electron chi connectivity index (χ0n) is 11.0. The zero-order valence-corrected chi connectivity index (χ0v) is 11.0. The number of hydrogen-bond acceptors (Lipinski definition) is 4. The Hall–Kier alpha value is -1.75. The Kier molecular flexibility index (Phi) is 4.63. The average molecular weight is 265 g/mol. The van der Waals surface area contributed by atoms with Gasteiger partial charge in [-0.15, -0.1) is 0 Å². The van der Waals surface area contributed by atoms with Gasteiger partial charge in [-0.1, -0.05) is 0 Å². The van der Waals surface area contributed by atoms with Gasteiger partial charge in [-0.2, -0.15) is 0 Å². The molecule has 2 N–H and O–H groups in total. The van der Waals surface area contributed by atoms with Gasteiger partial charge >= 0.3 is 5.97 Å². The van der Waals surface area contributed by atoms with E-state index in [1.165, 1.54) is 0 Å². The fraction of sp³-hybridized carbons (Fsp3) is 0.500. The summed E-state index contributed by atoms with van der Waals surface area (Å²) >= 11 is 0. The zero-order chi connectivity index (χ0) is 13.7. The minimum Gasteiger partial charge on any atom is -0.497 e. The van der Waals surface area contributed by atoms with Gasteiger partial charge in [0.15, 0.2) is 0 Å². The summed E-state index contributed by atoms with van der Waals surface area (Å²) in [5, 5.41) is 12.3. The summed E-state index contributed by atoms with van der Waals surface area (Å²) in [5.41, 5.74) is 0.845. The maximum Gasteiger partial charge on any atom is 0.337 e. The lowest BCUT2D eigenvalue weighted by molar-refractivity contribution is 0.0698. The van der Waals surface area contributed by atoms with Crippen molar-refractivity contribution in [1.29, 1.82) is 0 Å². The van der Waals surface area contributed by atoms with E-state index in [4.69, 9.17) is 14.6 Å². The summed E-state index contributed by atoms with van der Waals surface area (Å²) in [5.74, 6) is -0.299. The number of anilines is 1. The van der Waals surface area contributed by atoms with Gasteiger partial charge in [0.05, 0.1) is 24.5 Å². The third-order valence-electron chi connectivity index (χ3n) is 3.26. The molecule has 0 amide bonds. The molecule has 2 rings (SSSR count). The second-order valence-electron chi connectivity index (χ2n) is 4.57. The van der Waals surface area contributed by atoms with Crippen LogP contribution in [0.5, 0.6) is 5.75 Å². The van der Waals surface area contributed by atoms with Gasteiger partial charge in [0.1, 0.15) is 5.75 Å². The molecule has 0 saturated carbocycles. The van der Waals surface area contributed by atoms with Gasteiger partial charge < -0.3 is 19.9 Å². The Morgan fingerprint density at radius 1 is 1.58 bits per heavy atom. The molecule has 1 aromatic carbocycles. The highest BCUT2D eigenvalue weighted by Crippen LogP contribution is 2.23. The van der Waals surface area contributed by atoms with Crippen molar-refractivity contribution < 1.29 is 19.4 Å². The number of benzene rings is 1. The van der Waals surface area contributed by atoms with Crippen LogP contribution in [0, 0.1) is 0 Å². The Morgan fingerprint density at radius 3 is 3.05 bits per heavy atom. The standard InChI is InChI=1S/C14H19NO4/c1-18-11-4-5-12(14(16)17)13(9-11)15-7-6-10-3-2-8-19-10/h4-5,9-10,15H,2-3,6-8H2,1H3,(H,16,17). The third kappa shape index (κ3) is 3.61. The van der Waals surface area contributed by atoms with Gasteiger partial charge in [-0.25, -0.2) is 4.79 Å². The van der Waals surface area contributed by atoms with Crippen LogP contribution in [-0.2, 0) is 4.74 Å². The van der Waals surface area contributed by atoms with E-state index in [0.29, 0.717) is 24.1 Å². The van der Waals surface area contributed by atoms with Crippen LogP contribution in [0.2, 0.25) is 0 Å². The van der Waals surface area contributed by atoms with Gasteiger partial charge in [-0.3, -0.25) is 0 Å². The smallest absolute Gasteiger partial charge is 0.337 e. The molecule has 5 nitrogen and oxygen atoms in total. The van der Waals surface area contributed by atoms with Gasteiger partial charge in [0.2, 0.25) is 0 Å². The molecule has 1 saturated heterocycles. The largest absolute Gasteiger partial charge is 0.497 e. The molecule has 1 unspecified atom stereocenters. The molecule has 1 heterocycles. The fourth-order valence-electron chi connectivity index (χ4n) is 2.22. The SMILES string of the molecule is COc1ccc(C(=O)O)c(NCCC2CCCO2)c1. The molecule has 0 spiro atoms. The van der Waals surface area contributed by atoms with Crippen LogP contribution in [0.3, 0.4) is 0 Å². The summed E-state index contributed by atoms with van der Waals surface area (Å²) in [6.45, 7) is 1.53. The molecular weight excluding hydrogens is 246 g/mol. The van der Waals surface area contributed by atoms with Crippen molar-refractivity contribution in [2.75, 3.05) is 25.6 Å². The summed E-state index contributed by atoms with van der Waals surface area (Å²) in [6.07, 6.45) is 3.39. The number of carboxylic acids is 1. The molecular formula is C14H19NO4. The number of aromatic carboxylic acids is 1. The first-order valence-electron chi connectivity index (χ1n) is 6.47. The first-order chi connectivity index (χ1) is 9.20. The van der Waals surface area contributed by atoms with E-state index in [1.54, 1.807) is 25.3 Å². The van der Waals surface area contributed by atoms with Crippen molar-refractivity contribution >= 4 is 11.7 Å². The predicted molar refractivity (Wildman–Crippen MR) is 72.0 cm³/mol. The predicted octanol–water partition coefficient (Wildman–Crippen LogP) is 2.37. The minimum atomic E-state index is -0.942. The lowest BCUT2D eigenvalue weighted by Gasteiger charge is -2.13. The molecule has 1 aliphatic heterocycles. The summed E-state index contributed by atoms with van der Waals surface area (Å²) < 4.78 is 10.6. The maximum absolute atomic E-state index is 11.1. The molecule has 0 aromatic heterocycles. The number of carboxylic acid groups (broad SMARTS) is 1. The number of methoxy groups -OCH3 is 1. The van der Waals surface area contributed by atoms with Gasteiger partial charge in [0.25, 0.3) is 0 Å². The van der Waals surface area contributed by atoms with Crippen molar-refractivity contribution in [3.8, 4) is 5.75 Å². The van der Waals surface area contributed by atoms with E-state index in [9.17, 15) is 4.79 Å². The Bertz CT molecular complexity index is 441. The Labute approximate surface area is 112 Å². The van der Waals surface area contributed by atoms with Gasteiger partial charge in [0, 0.05) is 19.2 Å². The normalized spacial score (nSPS) is 18.3. The highest BCUT2D eigenvalue weighted by Gasteiger charge is 2.16. The summed E-state index contributed by atoms with van der Waals surface area (Å²) in [7, 11) is 1.56. The van der Waals surface area contributed by atoms with Crippen LogP contribution in [-0.4, -0.2) is 37.4 Å². The average Bonchev–Trinajstić information content (AvgIpc) is 2.91. The maximum atomic E-state index is 11.1. The van der Waals surface area contributed by atoms with E-state index in [2.05, 4.69) is 5.32 Å². The van der Waals surface area contributed by atoms with Crippen molar-refractivity contribution in [3.63, 3.8) is 0 Å². The van der Waals surface area contributed by atoms with E-state index in [-0.39, 0.29) is 5.56 Å². The summed E-state index contributed by atoms with van der Waals surface area (Å²) in [6, 6.07) is 4.91. The van der Waals surface area contributed by atoms with Gasteiger partial charge in [-0.05, 0) is 31.4 Å². The molecule has 0 aliphatic carbocycles. The Morgan fingerprint density at radius 2 is 2.42 bits per heavy atom. The number of carbonyl (C=O) groups is 1. The van der Waals surface area contributed by atoms with Crippen LogP contribution in [0.25, 0.3) is 0 Å². The highest BCUT2D eigenvalue weighted by atomic mass is 16.5. The second-order valence-corrected chi connectivity index (χ2v) is 4.57. The lowest BCUT2D eigenvalue weighted by atomic mass is 10.1. The molecule has 19 heavy (non-hydrogen) atoms. The number of ether oxygens (including phenoxy) is 2. The second kappa shape index (κ2) is 6.43. The highest BCUT2D eigenvalue weighted by molar-refractivity contribution is 5.94. The molecule has 104 valence electrons. The van der Waals surface area contributed by atoms with E-state index < -0.39 is 5.97 Å². The third-order valence-corrected chi connectivity index (χ3v) is 3.26. The van der Waals surface area contributed by atoms with Crippen LogP contribution >= 0.6 is 0 Å². The molecule has 5 heteroatoms. The molecule has 0 radical (unpaired) electrons. The van der Waals surface area contributed by atoms with Crippen LogP contribution in [0.4, 0.5) is 5.69 Å². The summed E-state index contributed by atoms with van der Waals surface area (Å²) in [4.78, 5) is 11.1. The van der Waals surface area contributed by atoms with E-state index >= 15 is 0 Å². The monoisotopic (exact) mass is 265 g/mol. The molecule has 1 aliphatic rings. The number of hydrogen-bond donors (Lipinski definition) is 2. The lowest BCUT2D eigenvalue weighted by Crippen LogP contribution is -2.14. The molecule has 0 bridgehead atoms. The van der Waals surface area contributed by atoms with Crippen molar-refractivity contribution in [3.05, 3.63) is 23.8 Å². The molecule has 1 aromatic rings. The van der Waals surface area contributed by atoms with Crippen LogP contribution < -0.4 is 10.1 Å². The Balaban J connectivity index is 1.98.